The Hall–Kier alpha value is -3.09. The Bertz CT molecular complexity index is 1410. The average Bonchev–Trinajstić information content (AvgIpc) is 3.61. The van der Waals surface area contributed by atoms with Gasteiger partial charge in [-0.1, -0.05) is 38.3 Å². The zero-order valence-corrected chi connectivity index (χ0v) is 23.8. The molecule has 2 saturated carbocycles. The molecule has 0 unspecified atom stereocenters. The van der Waals surface area contributed by atoms with Gasteiger partial charge in [-0.3, -0.25) is 4.79 Å². The fourth-order valence-corrected chi connectivity index (χ4v) is 6.52. The number of rotatable bonds is 11. The first-order valence-corrected chi connectivity index (χ1v) is 15.9. The van der Waals surface area contributed by atoms with Gasteiger partial charge in [-0.05, 0) is 57.1 Å². The summed E-state index contributed by atoms with van der Waals surface area (Å²) in [5.41, 5.74) is 2.14. The number of hydrogen-bond donors (Lipinski definition) is 4. The Morgan fingerprint density at radius 2 is 1.80 bits per heavy atom. The molecule has 11 nitrogen and oxygen atoms in total. The lowest BCUT2D eigenvalue weighted by Crippen LogP contribution is -2.40. The van der Waals surface area contributed by atoms with Gasteiger partial charge >= 0.3 is 0 Å². The molecule has 0 saturated heterocycles. The van der Waals surface area contributed by atoms with Crippen molar-refractivity contribution in [2.75, 3.05) is 18.4 Å². The summed E-state index contributed by atoms with van der Waals surface area (Å²) in [5, 5.41) is 21.9. The first kappa shape index (κ1) is 28.4. The Balaban J connectivity index is 1.36. The van der Waals surface area contributed by atoms with E-state index in [-0.39, 0.29) is 35.5 Å². The third kappa shape index (κ3) is 6.61. The number of anilines is 1. The van der Waals surface area contributed by atoms with Crippen molar-refractivity contribution in [1.82, 2.24) is 29.8 Å². The van der Waals surface area contributed by atoms with E-state index in [1.165, 1.54) is 12.1 Å². The summed E-state index contributed by atoms with van der Waals surface area (Å²) >= 11 is 0. The number of nitrogens with zero attached hydrogens (tertiary/aromatic N) is 4. The highest BCUT2D eigenvalue weighted by molar-refractivity contribution is 7.89. The fourth-order valence-electron chi connectivity index (χ4n) is 5.54. The highest BCUT2D eigenvalue weighted by Gasteiger charge is 2.26. The third-order valence-corrected chi connectivity index (χ3v) is 9.27. The Labute approximate surface area is 235 Å². The van der Waals surface area contributed by atoms with Gasteiger partial charge in [-0.25, -0.2) is 22.8 Å². The average molecular weight is 570 g/mol. The van der Waals surface area contributed by atoms with Crippen molar-refractivity contribution < 1.29 is 18.3 Å². The number of hydrogen-bond acceptors (Lipinski definition) is 8. The predicted molar refractivity (Wildman–Crippen MR) is 153 cm³/mol. The normalized spacial score (nSPS) is 20.1. The molecule has 3 aromatic rings. The number of aliphatic hydroxyl groups excluding tert-OH is 1. The van der Waals surface area contributed by atoms with Gasteiger partial charge in [0.05, 0.1) is 29.0 Å². The molecule has 2 heterocycles. The Kier molecular flexibility index (Phi) is 8.97. The molecule has 0 spiro atoms. The molecule has 12 heteroatoms. The van der Waals surface area contributed by atoms with Crippen LogP contribution in [-0.4, -0.2) is 64.4 Å². The lowest BCUT2D eigenvalue weighted by Gasteiger charge is -2.25. The SMILES string of the molecule is CCCCNc1ncc2c(-c3ccc(S(=O)(=O)NCC(=O)NC4CCCC4)cc3)nn([C@H]3CC[C@H](O)CC3)c2n1. The first-order chi connectivity index (χ1) is 19.3. The molecule has 2 aromatic heterocycles. The minimum absolute atomic E-state index is 0.0774. The zero-order valence-electron chi connectivity index (χ0n) is 23.0. The van der Waals surface area contributed by atoms with Gasteiger partial charge in [-0.2, -0.15) is 10.1 Å². The van der Waals surface area contributed by atoms with Gasteiger partial charge in [0.1, 0.15) is 5.69 Å². The van der Waals surface area contributed by atoms with Crippen LogP contribution in [-0.2, 0) is 14.8 Å². The van der Waals surface area contributed by atoms with E-state index in [1.54, 1.807) is 18.3 Å². The molecule has 1 amide bonds. The number of nitrogens with one attached hydrogen (secondary N) is 3. The molecule has 0 aliphatic heterocycles. The fraction of sp³-hybridized carbons (Fsp3) is 0.571. The number of amides is 1. The molecule has 216 valence electrons. The van der Waals surface area contributed by atoms with Gasteiger partial charge < -0.3 is 15.7 Å². The van der Waals surface area contributed by atoms with E-state index in [2.05, 4.69) is 27.3 Å². The summed E-state index contributed by atoms with van der Waals surface area (Å²) in [7, 11) is -3.86. The van der Waals surface area contributed by atoms with Crippen molar-refractivity contribution in [2.24, 2.45) is 0 Å². The van der Waals surface area contributed by atoms with Crippen molar-refractivity contribution in [1.29, 1.82) is 0 Å². The summed E-state index contributed by atoms with van der Waals surface area (Å²) < 4.78 is 30.1. The topological polar surface area (TPSA) is 151 Å². The largest absolute Gasteiger partial charge is 0.393 e. The minimum Gasteiger partial charge on any atom is -0.393 e. The van der Waals surface area contributed by atoms with Crippen LogP contribution in [0.25, 0.3) is 22.3 Å². The van der Waals surface area contributed by atoms with Crippen molar-refractivity contribution >= 4 is 32.9 Å². The maximum atomic E-state index is 12.9. The number of carbonyl (C=O) groups is 1. The summed E-state index contributed by atoms with van der Waals surface area (Å²) in [6.45, 7) is 2.62. The maximum absolute atomic E-state index is 12.9. The molecular weight excluding hydrogens is 530 g/mol. The second-order valence-electron chi connectivity index (χ2n) is 10.9. The number of fused-ring (bicyclic) bond motifs is 1. The highest BCUT2D eigenvalue weighted by atomic mass is 32.2. The molecule has 2 fully saturated rings. The van der Waals surface area contributed by atoms with Gasteiger partial charge in [-0.15, -0.1) is 0 Å². The van der Waals surface area contributed by atoms with E-state index in [0.717, 1.165) is 74.5 Å². The molecule has 0 bridgehead atoms. The van der Waals surface area contributed by atoms with E-state index < -0.39 is 10.0 Å². The number of aliphatic hydroxyl groups is 1. The van der Waals surface area contributed by atoms with Gasteiger partial charge in [0, 0.05) is 24.3 Å². The molecule has 1 aromatic carbocycles. The highest BCUT2D eigenvalue weighted by Crippen LogP contribution is 2.34. The van der Waals surface area contributed by atoms with Crippen LogP contribution in [0.1, 0.15) is 77.2 Å². The molecule has 40 heavy (non-hydrogen) atoms. The van der Waals surface area contributed by atoms with Crippen LogP contribution in [0.2, 0.25) is 0 Å². The second kappa shape index (κ2) is 12.6. The van der Waals surface area contributed by atoms with Crippen molar-refractivity contribution in [3.63, 3.8) is 0 Å². The quantitative estimate of drug-likeness (QED) is 0.256. The van der Waals surface area contributed by atoms with Crippen molar-refractivity contribution in [3.8, 4) is 11.3 Å². The van der Waals surface area contributed by atoms with Crippen LogP contribution >= 0.6 is 0 Å². The number of unbranched alkanes of at least 4 members (excludes halogenated alkanes) is 1. The van der Waals surface area contributed by atoms with E-state index in [1.807, 2.05) is 4.68 Å². The zero-order chi connectivity index (χ0) is 28.1. The molecule has 5 rings (SSSR count). The number of sulfonamides is 1. The Morgan fingerprint density at radius 3 is 2.50 bits per heavy atom. The molecule has 2 aliphatic rings. The van der Waals surface area contributed by atoms with Crippen molar-refractivity contribution in [3.05, 3.63) is 30.5 Å². The summed E-state index contributed by atoms with van der Waals surface area (Å²) in [6, 6.07) is 6.73. The van der Waals surface area contributed by atoms with E-state index in [9.17, 15) is 18.3 Å². The molecule has 0 atom stereocenters. The van der Waals surface area contributed by atoms with Gasteiger partial charge in [0.2, 0.25) is 21.9 Å². The first-order valence-electron chi connectivity index (χ1n) is 14.4. The van der Waals surface area contributed by atoms with Crippen LogP contribution in [0.15, 0.2) is 35.4 Å². The summed E-state index contributed by atoms with van der Waals surface area (Å²) in [4.78, 5) is 21.6. The summed E-state index contributed by atoms with van der Waals surface area (Å²) in [5.74, 6) is 0.233. The molecular formula is C28H39N7O4S. The van der Waals surface area contributed by atoms with Crippen LogP contribution in [0, 0.1) is 0 Å². The third-order valence-electron chi connectivity index (χ3n) is 7.86. The van der Waals surface area contributed by atoms with Crippen LogP contribution in [0.4, 0.5) is 5.95 Å². The van der Waals surface area contributed by atoms with Gasteiger partial charge in [0.25, 0.3) is 0 Å². The monoisotopic (exact) mass is 569 g/mol. The van der Waals surface area contributed by atoms with E-state index in [4.69, 9.17) is 10.1 Å². The smallest absolute Gasteiger partial charge is 0.241 e. The van der Waals surface area contributed by atoms with E-state index >= 15 is 0 Å². The maximum Gasteiger partial charge on any atom is 0.241 e. The number of aromatic nitrogens is 4. The second-order valence-corrected chi connectivity index (χ2v) is 12.6. The number of benzene rings is 1. The lowest BCUT2D eigenvalue weighted by molar-refractivity contribution is -0.120. The molecule has 0 radical (unpaired) electrons. The van der Waals surface area contributed by atoms with Crippen LogP contribution in [0.3, 0.4) is 0 Å². The minimum atomic E-state index is -3.86. The lowest BCUT2D eigenvalue weighted by atomic mass is 9.93. The van der Waals surface area contributed by atoms with Gasteiger partial charge in [0.15, 0.2) is 5.65 Å². The Morgan fingerprint density at radius 1 is 1.07 bits per heavy atom. The van der Waals surface area contributed by atoms with E-state index in [0.29, 0.717) is 24.5 Å². The number of carbonyl (C=O) groups excluding carboxylic acids is 1. The van der Waals surface area contributed by atoms with Crippen LogP contribution < -0.4 is 15.4 Å². The van der Waals surface area contributed by atoms with Crippen molar-refractivity contribution in [2.45, 2.75) is 94.2 Å². The standard InChI is InChI=1S/C28H39N7O4S/c1-2-3-16-29-28-30-17-24-26(34-35(27(24)33-28)21-10-12-22(36)13-11-21)19-8-14-23(15-9-19)40(38,39)31-18-25(37)32-20-6-4-5-7-20/h8-9,14-15,17,20-22,31,36H,2-7,10-13,16,18H2,1H3,(H,32,37)(H,29,30,33)/t21-,22-. The molecule has 4 N–H and O–H groups in total. The summed E-state index contributed by atoms with van der Waals surface area (Å²) in [6.07, 6.45) is 10.7. The van der Waals surface area contributed by atoms with Crippen LogP contribution in [0.5, 0.6) is 0 Å². The predicted octanol–water partition coefficient (Wildman–Crippen LogP) is 3.52. The molecule has 2 aliphatic carbocycles.